The lowest BCUT2D eigenvalue weighted by molar-refractivity contribution is 0.236. The van der Waals surface area contributed by atoms with Crippen LogP contribution in [0.25, 0.3) is 0 Å². The van der Waals surface area contributed by atoms with Gasteiger partial charge in [0.05, 0.1) is 0 Å². The lowest BCUT2D eigenvalue weighted by Gasteiger charge is -2.28. The number of hydrogen-bond acceptors (Lipinski definition) is 0. The summed E-state index contributed by atoms with van der Waals surface area (Å²) in [5.41, 5.74) is 0.605. The van der Waals surface area contributed by atoms with E-state index in [2.05, 4.69) is 34.6 Å². The number of rotatable bonds is 4. The summed E-state index contributed by atoms with van der Waals surface area (Å²) < 4.78 is 0. The van der Waals surface area contributed by atoms with Crippen molar-refractivity contribution in [1.82, 2.24) is 0 Å². The summed E-state index contributed by atoms with van der Waals surface area (Å²) in [6.07, 6.45) is 4.02. The van der Waals surface area contributed by atoms with Crippen LogP contribution >= 0.6 is 0 Å². The highest BCUT2D eigenvalue weighted by atomic mass is 14.3. The fraction of sp³-hybridized carbons (Fsp3) is 1.00. The molecule has 0 saturated heterocycles. The molecule has 0 aliphatic heterocycles. The van der Waals surface area contributed by atoms with Gasteiger partial charge in [0.2, 0.25) is 0 Å². The summed E-state index contributed by atoms with van der Waals surface area (Å²) in [6.45, 7) is 11.6. The SMILES string of the molecule is CCC(C)(CC)CC(C)C. The first-order valence-corrected chi connectivity index (χ1v) is 4.54. The van der Waals surface area contributed by atoms with Gasteiger partial charge in [0.15, 0.2) is 0 Å². The minimum Gasteiger partial charge on any atom is -0.0649 e. The van der Waals surface area contributed by atoms with Gasteiger partial charge in [-0.1, -0.05) is 47.5 Å². The summed E-state index contributed by atoms with van der Waals surface area (Å²) in [5, 5.41) is 0. The monoisotopic (exact) mass is 142 g/mol. The minimum absolute atomic E-state index is 0.605. The van der Waals surface area contributed by atoms with Crippen LogP contribution in [0.1, 0.15) is 53.9 Å². The normalized spacial score (nSPS) is 12.6. The number of hydrogen-bond donors (Lipinski definition) is 0. The fourth-order valence-electron chi connectivity index (χ4n) is 1.52. The third kappa shape index (κ3) is 3.24. The van der Waals surface area contributed by atoms with Crippen LogP contribution in [0.2, 0.25) is 0 Å². The van der Waals surface area contributed by atoms with Gasteiger partial charge in [0.25, 0.3) is 0 Å². The maximum Gasteiger partial charge on any atom is -0.0329 e. The molecule has 0 bridgehead atoms. The van der Waals surface area contributed by atoms with Crippen molar-refractivity contribution in [3.63, 3.8) is 0 Å². The molecule has 0 rings (SSSR count). The first-order valence-electron chi connectivity index (χ1n) is 4.54. The summed E-state index contributed by atoms with van der Waals surface area (Å²) >= 11 is 0. The highest BCUT2D eigenvalue weighted by Crippen LogP contribution is 2.32. The molecule has 0 aromatic heterocycles. The lowest BCUT2D eigenvalue weighted by atomic mass is 9.78. The van der Waals surface area contributed by atoms with Crippen LogP contribution in [0, 0.1) is 11.3 Å². The van der Waals surface area contributed by atoms with Gasteiger partial charge in [0.1, 0.15) is 0 Å². The van der Waals surface area contributed by atoms with E-state index in [1.165, 1.54) is 19.3 Å². The maximum absolute atomic E-state index is 2.40. The zero-order chi connectivity index (χ0) is 8.20. The molecule has 0 N–H and O–H groups in total. The zero-order valence-electron chi connectivity index (χ0n) is 8.20. The molecule has 0 fully saturated rings. The fourth-order valence-corrected chi connectivity index (χ4v) is 1.52. The quantitative estimate of drug-likeness (QED) is 0.559. The van der Waals surface area contributed by atoms with Crippen molar-refractivity contribution in [1.29, 1.82) is 0 Å². The van der Waals surface area contributed by atoms with Crippen LogP contribution in [0.15, 0.2) is 0 Å². The molecule has 0 aliphatic carbocycles. The summed E-state index contributed by atoms with van der Waals surface area (Å²) in [5.74, 6) is 0.852. The molecule has 10 heavy (non-hydrogen) atoms. The summed E-state index contributed by atoms with van der Waals surface area (Å²) in [4.78, 5) is 0. The van der Waals surface area contributed by atoms with Crippen molar-refractivity contribution in [2.45, 2.75) is 53.9 Å². The van der Waals surface area contributed by atoms with Crippen LogP contribution in [0.4, 0.5) is 0 Å². The highest BCUT2D eigenvalue weighted by Gasteiger charge is 2.20. The maximum atomic E-state index is 2.40. The van der Waals surface area contributed by atoms with E-state index in [-0.39, 0.29) is 0 Å². The van der Waals surface area contributed by atoms with Gasteiger partial charge in [-0.25, -0.2) is 0 Å². The highest BCUT2D eigenvalue weighted by molar-refractivity contribution is 4.71. The van der Waals surface area contributed by atoms with E-state index in [0.717, 1.165) is 5.92 Å². The van der Waals surface area contributed by atoms with Crippen molar-refractivity contribution in [3.8, 4) is 0 Å². The molecular formula is C10H22. The van der Waals surface area contributed by atoms with Gasteiger partial charge in [0, 0.05) is 0 Å². The third-order valence-corrected chi connectivity index (χ3v) is 2.61. The molecule has 0 radical (unpaired) electrons. The van der Waals surface area contributed by atoms with Crippen LogP contribution in [-0.4, -0.2) is 0 Å². The van der Waals surface area contributed by atoms with E-state index in [0.29, 0.717) is 5.41 Å². The smallest absolute Gasteiger partial charge is 0.0329 e. The predicted molar refractivity (Wildman–Crippen MR) is 48.1 cm³/mol. The third-order valence-electron chi connectivity index (χ3n) is 2.61. The Morgan fingerprint density at radius 2 is 1.50 bits per heavy atom. The standard InChI is InChI=1S/C10H22/c1-6-10(5,7-2)8-9(3)4/h9H,6-8H2,1-5H3. The van der Waals surface area contributed by atoms with Gasteiger partial charge in [-0.15, -0.1) is 0 Å². The average molecular weight is 142 g/mol. The van der Waals surface area contributed by atoms with Crippen molar-refractivity contribution in [3.05, 3.63) is 0 Å². The second-order valence-electron chi connectivity index (χ2n) is 4.12. The Balaban J connectivity index is 3.80. The largest absolute Gasteiger partial charge is 0.0649 e. The van der Waals surface area contributed by atoms with Gasteiger partial charge in [-0.3, -0.25) is 0 Å². The first kappa shape index (κ1) is 10.0. The molecule has 0 atom stereocenters. The topological polar surface area (TPSA) is 0 Å². The van der Waals surface area contributed by atoms with Crippen LogP contribution < -0.4 is 0 Å². The molecule has 0 aromatic carbocycles. The molecule has 0 unspecified atom stereocenters. The van der Waals surface area contributed by atoms with Crippen molar-refractivity contribution < 1.29 is 0 Å². The Labute approximate surface area is 66.0 Å². The zero-order valence-corrected chi connectivity index (χ0v) is 8.20. The van der Waals surface area contributed by atoms with Crippen molar-refractivity contribution in [2.24, 2.45) is 11.3 Å². The molecule has 0 saturated carbocycles. The Hall–Kier alpha value is 0. The van der Waals surface area contributed by atoms with Gasteiger partial charge < -0.3 is 0 Å². The molecule has 0 heterocycles. The second-order valence-corrected chi connectivity index (χ2v) is 4.12. The second kappa shape index (κ2) is 4.00. The lowest BCUT2D eigenvalue weighted by Crippen LogP contribution is -2.16. The molecule has 0 amide bonds. The van der Waals surface area contributed by atoms with E-state index >= 15 is 0 Å². The Morgan fingerprint density at radius 3 is 1.60 bits per heavy atom. The van der Waals surface area contributed by atoms with Gasteiger partial charge >= 0.3 is 0 Å². The van der Waals surface area contributed by atoms with Crippen LogP contribution in [0.5, 0.6) is 0 Å². The minimum atomic E-state index is 0.605. The Bertz CT molecular complexity index is 78.0. The van der Waals surface area contributed by atoms with E-state index in [1.807, 2.05) is 0 Å². The van der Waals surface area contributed by atoms with E-state index < -0.39 is 0 Å². The molecule has 0 aliphatic rings. The van der Waals surface area contributed by atoms with E-state index in [1.54, 1.807) is 0 Å². The summed E-state index contributed by atoms with van der Waals surface area (Å²) in [7, 11) is 0. The van der Waals surface area contributed by atoms with Crippen LogP contribution in [0.3, 0.4) is 0 Å². The van der Waals surface area contributed by atoms with Gasteiger partial charge in [-0.05, 0) is 17.8 Å². The predicted octanol–water partition coefficient (Wildman–Crippen LogP) is 3.86. The molecule has 62 valence electrons. The van der Waals surface area contributed by atoms with Gasteiger partial charge in [-0.2, -0.15) is 0 Å². The molecule has 0 nitrogen and oxygen atoms in total. The molecule has 0 heteroatoms. The van der Waals surface area contributed by atoms with Crippen molar-refractivity contribution in [2.75, 3.05) is 0 Å². The van der Waals surface area contributed by atoms with Crippen LogP contribution in [-0.2, 0) is 0 Å². The summed E-state index contributed by atoms with van der Waals surface area (Å²) in [6, 6.07) is 0. The van der Waals surface area contributed by atoms with E-state index in [9.17, 15) is 0 Å². The molecular weight excluding hydrogens is 120 g/mol. The first-order chi connectivity index (χ1) is 4.54. The Morgan fingerprint density at radius 1 is 1.10 bits per heavy atom. The molecule has 0 spiro atoms. The Kier molecular flexibility index (Phi) is 4.00. The van der Waals surface area contributed by atoms with E-state index in [4.69, 9.17) is 0 Å². The van der Waals surface area contributed by atoms with Crippen molar-refractivity contribution >= 4 is 0 Å². The molecule has 0 aromatic rings. The average Bonchev–Trinajstić information content (AvgIpc) is 1.87.